The van der Waals surface area contributed by atoms with Crippen LogP contribution in [-0.4, -0.2) is 35.5 Å². The predicted molar refractivity (Wildman–Crippen MR) is 112 cm³/mol. The van der Waals surface area contributed by atoms with Gasteiger partial charge in [0.25, 0.3) is 0 Å². The largest absolute Gasteiger partial charge is 0.376 e. The number of halogens is 1. The zero-order valence-electron chi connectivity index (χ0n) is 15.0. The number of nitrogens with zero attached hydrogens (tertiary/aromatic N) is 2. The number of hydrogen-bond donors (Lipinski definition) is 0. The molecule has 2 aliphatic heterocycles. The lowest BCUT2D eigenvalue weighted by molar-refractivity contribution is -0.0910. The fraction of sp³-hybridized carbons (Fsp3) is 0.429. The third-order valence-corrected chi connectivity index (χ3v) is 5.36. The van der Waals surface area contributed by atoms with Gasteiger partial charge in [0.15, 0.2) is 0 Å². The average Bonchev–Trinajstić information content (AvgIpc) is 2.69. The Morgan fingerprint density at radius 1 is 1.30 bits per heavy atom. The summed E-state index contributed by atoms with van der Waals surface area (Å²) < 4.78 is 15.8. The van der Waals surface area contributed by atoms with Crippen molar-refractivity contribution in [3.8, 4) is 21.1 Å². The summed E-state index contributed by atoms with van der Waals surface area (Å²) in [7, 11) is 0. The monoisotopic (exact) mass is 476 g/mol. The van der Waals surface area contributed by atoms with Gasteiger partial charge in [0.1, 0.15) is 0 Å². The first kappa shape index (κ1) is 18.7. The van der Waals surface area contributed by atoms with Gasteiger partial charge in [0, 0.05) is 46.0 Å². The number of aryl methyl sites for hydroxylation is 2. The number of benzene rings is 1. The van der Waals surface area contributed by atoms with Crippen LogP contribution in [0.3, 0.4) is 0 Å². The molecule has 2 aromatic rings. The van der Waals surface area contributed by atoms with E-state index < -0.39 is 0 Å². The third-order valence-electron chi connectivity index (χ3n) is 5.09. The van der Waals surface area contributed by atoms with E-state index in [0.29, 0.717) is 26.4 Å². The van der Waals surface area contributed by atoms with Crippen molar-refractivity contribution in [2.45, 2.75) is 38.3 Å². The summed E-state index contributed by atoms with van der Waals surface area (Å²) in [5.41, 5.74) is 5.05. The molecule has 0 radical (unpaired) electrons. The normalized spacial score (nSPS) is 18.2. The van der Waals surface area contributed by atoms with Crippen LogP contribution in [0, 0.1) is 9.85 Å². The summed E-state index contributed by atoms with van der Waals surface area (Å²) in [4.78, 5) is 16.8. The highest BCUT2D eigenvalue weighted by atomic mass is 127. The molecule has 6 heteroatoms. The van der Waals surface area contributed by atoms with Crippen LogP contribution in [0.5, 0.6) is 0 Å². The van der Waals surface area contributed by atoms with Gasteiger partial charge < -0.3 is 9.47 Å². The number of ether oxygens (including phenoxy) is 2. The Kier molecular flexibility index (Phi) is 5.91. The highest BCUT2D eigenvalue weighted by Crippen LogP contribution is 2.29. The smallest absolute Gasteiger partial charge is 0.348 e. The van der Waals surface area contributed by atoms with Crippen molar-refractivity contribution >= 4 is 22.6 Å². The third kappa shape index (κ3) is 4.26. The van der Waals surface area contributed by atoms with Crippen molar-refractivity contribution in [1.29, 1.82) is 0 Å². The maximum absolute atomic E-state index is 12.5. The zero-order chi connectivity index (χ0) is 18.6. The van der Waals surface area contributed by atoms with Crippen LogP contribution in [0.15, 0.2) is 29.1 Å². The van der Waals surface area contributed by atoms with E-state index in [4.69, 9.17) is 9.47 Å². The number of rotatable bonds is 4. The molecule has 0 saturated carbocycles. The molecule has 4 rings (SSSR count). The lowest BCUT2D eigenvalue weighted by Gasteiger charge is -2.23. The molecule has 0 aliphatic carbocycles. The van der Waals surface area contributed by atoms with E-state index in [0.717, 1.165) is 48.2 Å². The summed E-state index contributed by atoms with van der Waals surface area (Å²) in [5.74, 6) is 3.10. The summed E-state index contributed by atoms with van der Waals surface area (Å²) in [6.45, 7) is 2.69. The van der Waals surface area contributed by atoms with Crippen LogP contribution in [-0.2, 0) is 28.9 Å². The Hall–Kier alpha value is -1.69. The quantitative estimate of drug-likeness (QED) is 0.503. The second kappa shape index (κ2) is 8.55. The van der Waals surface area contributed by atoms with Gasteiger partial charge in [0.05, 0.1) is 31.6 Å². The molecule has 2 aliphatic rings. The van der Waals surface area contributed by atoms with E-state index in [2.05, 4.69) is 55.6 Å². The molecular formula is C21H21IN2O3. The first-order valence-corrected chi connectivity index (χ1v) is 10.4. The maximum Gasteiger partial charge on any atom is 0.348 e. The Labute approximate surface area is 172 Å². The van der Waals surface area contributed by atoms with Crippen LogP contribution >= 0.6 is 22.6 Å². The molecule has 3 heterocycles. The summed E-state index contributed by atoms with van der Waals surface area (Å²) in [6, 6.07) is 8.30. The second-order valence-corrected chi connectivity index (χ2v) is 7.41. The van der Waals surface area contributed by atoms with Gasteiger partial charge in [-0.3, -0.25) is 4.57 Å². The number of fused-ring (bicyclic) bond motifs is 3. The molecule has 0 bridgehead atoms. The molecule has 1 fully saturated rings. The first-order chi connectivity index (χ1) is 13.2. The molecule has 0 amide bonds. The molecule has 27 heavy (non-hydrogen) atoms. The van der Waals surface area contributed by atoms with Crippen molar-refractivity contribution < 1.29 is 9.47 Å². The average molecular weight is 476 g/mol. The minimum Gasteiger partial charge on any atom is -0.376 e. The lowest BCUT2D eigenvalue weighted by Crippen LogP contribution is -2.30. The van der Waals surface area contributed by atoms with Crippen molar-refractivity contribution in [3.63, 3.8) is 0 Å². The molecule has 1 aromatic carbocycles. The van der Waals surface area contributed by atoms with Crippen LogP contribution in [0.1, 0.15) is 29.7 Å². The van der Waals surface area contributed by atoms with Gasteiger partial charge in [0.2, 0.25) is 0 Å². The second-order valence-electron chi connectivity index (χ2n) is 6.87. The molecule has 0 unspecified atom stereocenters. The molecular weight excluding hydrogens is 455 g/mol. The fourth-order valence-electron chi connectivity index (χ4n) is 3.75. The molecule has 1 saturated heterocycles. The van der Waals surface area contributed by atoms with Crippen molar-refractivity contribution in [2.75, 3.05) is 19.8 Å². The van der Waals surface area contributed by atoms with Gasteiger partial charge in [-0.05, 0) is 53.4 Å². The fourth-order valence-corrected chi connectivity index (χ4v) is 4.06. The van der Waals surface area contributed by atoms with E-state index in [1.54, 1.807) is 4.57 Å². The number of aromatic nitrogens is 2. The van der Waals surface area contributed by atoms with Gasteiger partial charge in [-0.25, -0.2) is 4.79 Å². The van der Waals surface area contributed by atoms with Crippen molar-refractivity contribution in [3.05, 3.63) is 51.6 Å². The lowest BCUT2D eigenvalue weighted by atomic mass is 9.95. The van der Waals surface area contributed by atoms with Gasteiger partial charge in [-0.15, -0.1) is 0 Å². The standard InChI is InChI=1S/C21H21IN2O3/c22-8-6-15-4-5-19-16(12-15)7-9-24-20(19)13-17(23-21(24)25)2-1-3-18-14-26-10-11-27-18/h4-5,12-13,18H,1-3,7,9-11,14H2/t18-/m1/s1. The Bertz CT molecular complexity index is 952. The minimum atomic E-state index is -0.151. The highest BCUT2D eigenvalue weighted by Gasteiger charge is 2.19. The van der Waals surface area contributed by atoms with E-state index in [1.807, 2.05) is 6.07 Å². The van der Waals surface area contributed by atoms with Gasteiger partial charge in [-0.1, -0.05) is 12.0 Å². The zero-order valence-corrected chi connectivity index (χ0v) is 17.2. The van der Waals surface area contributed by atoms with Crippen molar-refractivity contribution in [2.24, 2.45) is 0 Å². The Morgan fingerprint density at radius 2 is 2.22 bits per heavy atom. The highest BCUT2D eigenvalue weighted by molar-refractivity contribution is 14.1. The maximum atomic E-state index is 12.5. The summed E-state index contributed by atoms with van der Waals surface area (Å²) >= 11 is 2.05. The first-order valence-electron chi connectivity index (χ1n) is 9.29. The van der Waals surface area contributed by atoms with Crippen LogP contribution in [0.25, 0.3) is 11.3 Å². The SMILES string of the molecule is O=c1nc(CCC[C@@H]2COCCO2)cc2n1CCc1cc(C#CI)ccc1-2. The van der Waals surface area contributed by atoms with Crippen LogP contribution in [0.2, 0.25) is 0 Å². The van der Waals surface area contributed by atoms with Crippen LogP contribution in [0.4, 0.5) is 0 Å². The summed E-state index contributed by atoms with van der Waals surface area (Å²) in [6.07, 6.45) is 3.63. The van der Waals surface area contributed by atoms with Crippen molar-refractivity contribution in [1.82, 2.24) is 9.55 Å². The molecule has 5 nitrogen and oxygen atoms in total. The van der Waals surface area contributed by atoms with E-state index >= 15 is 0 Å². The van der Waals surface area contributed by atoms with E-state index in [-0.39, 0.29) is 11.8 Å². The molecule has 1 aromatic heterocycles. The van der Waals surface area contributed by atoms with Gasteiger partial charge >= 0.3 is 5.69 Å². The summed E-state index contributed by atoms with van der Waals surface area (Å²) in [5, 5.41) is 0. The molecule has 0 spiro atoms. The number of hydrogen-bond acceptors (Lipinski definition) is 4. The molecule has 0 N–H and O–H groups in total. The topological polar surface area (TPSA) is 53.4 Å². The molecule has 1 atom stereocenters. The minimum absolute atomic E-state index is 0.151. The molecule has 140 valence electrons. The Balaban J connectivity index is 1.54. The van der Waals surface area contributed by atoms with E-state index in [1.165, 1.54) is 5.56 Å². The van der Waals surface area contributed by atoms with Crippen LogP contribution < -0.4 is 5.69 Å². The predicted octanol–water partition coefficient (Wildman–Crippen LogP) is 2.95. The van der Waals surface area contributed by atoms with E-state index in [9.17, 15) is 4.79 Å². The Morgan fingerprint density at radius 3 is 3.04 bits per heavy atom. The van der Waals surface area contributed by atoms with Gasteiger partial charge in [-0.2, -0.15) is 4.98 Å².